The first kappa shape index (κ1) is 28.4. The van der Waals surface area contributed by atoms with Crippen LogP contribution in [0.1, 0.15) is 35.3 Å². The highest BCUT2D eigenvalue weighted by Gasteiger charge is 2.27. The summed E-state index contributed by atoms with van der Waals surface area (Å²) in [5, 5.41) is 17.4. The first-order valence-electron chi connectivity index (χ1n) is 13.8. The Morgan fingerprint density at radius 1 is 0.881 bits per heavy atom. The maximum Gasteiger partial charge on any atom is 0.290 e. The van der Waals surface area contributed by atoms with Gasteiger partial charge in [-0.2, -0.15) is 0 Å². The molecule has 1 saturated heterocycles. The Hall–Kier alpha value is -5.13. The first-order chi connectivity index (χ1) is 20.3. The zero-order valence-electron chi connectivity index (χ0n) is 23.8. The van der Waals surface area contributed by atoms with Gasteiger partial charge >= 0.3 is 0 Å². The summed E-state index contributed by atoms with van der Waals surface area (Å²) in [6, 6.07) is 15.9. The van der Waals surface area contributed by atoms with Gasteiger partial charge in [0.1, 0.15) is 11.4 Å². The number of piperazine rings is 1. The van der Waals surface area contributed by atoms with Crippen molar-refractivity contribution in [2.24, 2.45) is 14.1 Å². The summed E-state index contributed by atoms with van der Waals surface area (Å²) < 4.78 is 2.43. The number of hydrogen-bond acceptors (Lipinski definition) is 9. The number of phenols is 1. The quantitative estimate of drug-likeness (QED) is 0.273. The van der Waals surface area contributed by atoms with Gasteiger partial charge in [0.2, 0.25) is 5.95 Å². The van der Waals surface area contributed by atoms with Crippen molar-refractivity contribution in [3.63, 3.8) is 0 Å². The van der Waals surface area contributed by atoms with E-state index in [1.165, 1.54) is 23.5 Å². The summed E-state index contributed by atoms with van der Waals surface area (Å²) in [7, 11) is 3.01. The molecule has 12 nitrogen and oxygen atoms in total. The monoisotopic (exact) mass is 570 g/mol. The number of carbonyl (C=O) groups excluding carboxylic acids is 1. The molecule has 1 atom stereocenters. The molecule has 4 aromatic rings. The fraction of sp³-hybridized carbons (Fsp3) is 0.300. The molecule has 1 aliphatic rings. The summed E-state index contributed by atoms with van der Waals surface area (Å²) in [6.45, 7) is 3.93. The summed E-state index contributed by atoms with van der Waals surface area (Å²) >= 11 is 0. The van der Waals surface area contributed by atoms with Gasteiger partial charge in [-0.15, -0.1) is 0 Å². The highest BCUT2D eigenvalue weighted by Crippen LogP contribution is 2.33. The molecule has 2 aromatic heterocycles. The molecule has 218 valence electrons. The van der Waals surface area contributed by atoms with Crippen LogP contribution in [-0.2, 0) is 14.1 Å². The molecule has 0 saturated carbocycles. The number of nitrogens with one attached hydrogen (secondary N) is 2. The minimum atomic E-state index is -0.474. The average molecular weight is 571 g/mol. The lowest BCUT2D eigenvalue weighted by atomic mass is 10.0. The summed E-state index contributed by atoms with van der Waals surface area (Å²) in [5.74, 6) is -0.0357. The van der Waals surface area contributed by atoms with Crippen LogP contribution in [0.2, 0.25) is 0 Å². The Kier molecular flexibility index (Phi) is 8.23. The van der Waals surface area contributed by atoms with Crippen molar-refractivity contribution in [2.45, 2.75) is 19.4 Å². The SMILES string of the molecule is CC[C@@H](Nc1c(Nc2cccc(C(=O)N3CCN(c4ncccn4)CC3)c2O)c(=O)n(C)n(C)c1=O)c1ccccc1. The Bertz CT molecular complexity index is 1680. The smallest absolute Gasteiger partial charge is 0.290 e. The van der Waals surface area contributed by atoms with Crippen LogP contribution in [-0.4, -0.2) is 61.4 Å². The number of rotatable bonds is 8. The maximum atomic E-state index is 13.5. The van der Waals surface area contributed by atoms with Crippen molar-refractivity contribution >= 4 is 28.9 Å². The summed E-state index contributed by atoms with van der Waals surface area (Å²) in [5.41, 5.74) is 0.355. The molecule has 0 unspecified atom stereocenters. The van der Waals surface area contributed by atoms with Crippen LogP contribution in [0.25, 0.3) is 0 Å². The molecule has 0 radical (unpaired) electrons. The van der Waals surface area contributed by atoms with Gasteiger partial charge in [-0.05, 0) is 30.2 Å². The third-order valence-electron chi connectivity index (χ3n) is 7.57. The predicted molar refractivity (Wildman–Crippen MR) is 162 cm³/mol. The van der Waals surface area contributed by atoms with Crippen molar-refractivity contribution in [3.8, 4) is 5.75 Å². The highest BCUT2D eigenvalue weighted by atomic mass is 16.3. The second-order valence-corrected chi connectivity index (χ2v) is 10.1. The highest BCUT2D eigenvalue weighted by molar-refractivity contribution is 5.99. The molecule has 1 aliphatic heterocycles. The van der Waals surface area contributed by atoms with Crippen molar-refractivity contribution < 1.29 is 9.90 Å². The minimum absolute atomic E-state index is 0.0219. The Balaban J connectivity index is 1.42. The molecule has 1 fully saturated rings. The van der Waals surface area contributed by atoms with E-state index in [1.807, 2.05) is 42.2 Å². The Morgan fingerprint density at radius 2 is 1.52 bits per heavy atom. The molecule has 0 spiro atoms. The minimum Gasteiger partial charge on any atom is -0.505 e. The molecule has 3 heterocycles. The third-order valence-corrected chi connectivity index (χ3v) is 7.57. The van der Waals surface area contributed by atoms with E-state index in [4.69, 9.17) is 0 Å². The van der Waals surface area contributed by atoms with Crippen LogP contribution in [0, 0.1) is 0 Å². The number of nitrogens with zero attached hydrogens (tertiary/aromatic N) is 6. The van der Waals surface area contributed by atoms with Gasteiger partial charge in [0.05, 0.1) is 17.3 Å². The summed E-state index contributed by atoms with van der Waals surface area (Å²) in [6.07, 6.45) is 4.01. The van der Waals surface area contributed by atoms with E-state index in [0.717, 1.165) is 5.56 Å². The lowest BCUT2D eigenvalue weighted by Crippen LogP contribution is -2.49. The van der Waals surface area contributed by atoms with Crippen LogP contribution < -0.4 is 26.7 Å². The zero-order chi connectivity index (χ0) is 29.8. The van der Waals surface area contributed by atoms with Gasteiger partial charge < -0.3 is 25.5 Å². The Labute approximate surface area is 242 Å². The summed E-state index contributed by atoms with van der Waals surface area (Å²) in [4.78, 5) is 52.5. The molecule has 5 rings (SSSR count). The van der Waals surface area contributed by atoms with Crippen LogP contribution in [0.4, 0.5) is 23.0 Å². The van der Waals surface area contributed by atoms with Crippen LogP contribution in [0.15, 0.2) is 76.6 Å². The number of carbonyl (C=O) groups is 1. The van der Waals surface area contributed by atoms with E-state index >= 15 is 0 Å². The normalized spacial score (nSPS) is 14.0. The van der Waals surface area contributed by atoms with E-state index in [9.17, 15) is 19.5 Å². The van der Waals surface area contributed by atoms with E-state index in [1.54, 1.807) is 41.6 Å². The fourth-order valence-electron chi connectivity index (χ4n) is 5.03. The predicted octanol–water partition coefficient (Wildman–Crippen LogP) is 2.85. The first-order valence-corrected chi connectivity index (χ1v) is 13.8. The number of aromatic hydroxyl groups is 1. The van der Waals surface area contributed by atoms with E-state index in [2.05, 4.69) is 20.6 Å². The second-order valence-electron chi connectivity index (χ2n) is 10.1. The molecule has 0 aliphatic carbocycles. The molecular weight excluding hydrogens is 536 g/mol. The van der Waals surface area contributed by atoms with Crippen molar-refractivity contribution in [1.29, 1.82) is 0 Å². The number of phenolic OH excluding ortho intramolecular Hbond substituents is 1. The van der Waals surface area contributed by atoms with Gasteiger partial charge in [-0.1, -0.05) is 43.3 Å². The van der Waals surface area contributed by atoms with E-state index < -0.39 is 11.1 Å². The number of hydrogen-bond donors (Lipinski definition) is 3. The van der Waals surface area contributed by atoms with Gasteiger partial charge in [0.15, 0.2) is 5.75 Å². The molecule has 12 heteroatoms. The molecule has 2 aromatic carbocycles. The molecular formula is C30H34N8O4. The van der Waals surface area contributed by atoms with Crippen LogP contribution in [0.5, 0.6) is 5.75 Å². The number of aromatic nitrogens is 4. The van der Waals surface area contributed by atoms with Crippen molar-refractivity contribution in [1.82, 2.24) is 24.2 Å². The van der Waals surface area contributed by atoms with Gasteiger partial charge in [0.25, 0.3) is 17.0 Å². The average Bonchev–Trinajstić information content (AvgIpc) is 3.04. The number of para-hydroxylation sites is 1. The second kappa shape index (κ2) is 12.2. The fourth-order valence-corrected chi connectivity index (χ4v) is 5.03. The van der Waals surface area contributed by atoms with Crippen molar-refractivity contribution in [2.75, 3.05) is 41.7 Å². The lowest BCUT2D eigenvalue weighted by molar-refractivity contribution is 0.0743. The third kappa shape index (κ3) is 5.55. The number of amides is 1. The zero-order valence-corrected chi connectivity index (χ0v) is 23.8. The van der Waals surface area contributed by atoms with Gasteiger partial charge in [-0.3, -0.25) is 14.4 Å². The lowest BCUT2D eigenvalue weighted by Gasteiger charge is -2.34. The topological polar surface area (TPSA) is 138 Å². The number of benzene rings is 2. The molecule has 1 amide bonds. The van der Waals surface area contributed by atoms with Gasteiger partial charge in [-0.25, -0.2) is 19.3 Å². The van der Waals surface area contributed by atoms with Crippen molar-refractivity contribution in [3.05, 3.63) is 98.8 Å². The largest absolute Gasteiger partial charge is 0.505 e. The standard InChI is InChI=1S/C30H34N8O4/c1-4-22(20-10-6-5-7-11-20)33-24-25(29(42)36(3)35(2)28(24)41)34-23-13-8-12-21(26(23)39)27(40)37-16-18-38(19-17-37)30-31-14-9-15-32-30/h5-15,22,33-34,39H,4,16-19H2,1-3H3/t22-/m1/s1. The van der Waals surface area contributed by atoms with Crippen LogP contribution in [0.3, 0.4) is 0 Å². The molecule has 42 heavy (non-hydrogen) atoms. The molecule has 0 bridgehead atoms. The van der Waals surface area contributed by atoms with E-state index in [0.29, 0.717) is 38.5 Å². The Morgan fingerprint density at radius 3 is 2.17 bits per heavy atom. The maximum absolute atomic E-state index is 13.5. The van der Waals surface area contributed by atoms with Gasteiger partial charge in [0, 0.05) is 52.7 Å². The number of anilines is 4. The van der Waals surface area contributed by atoms with Crippen LogP contribution >= 0.6 is 0 Å². The van der Waals surface area contributed by atoms with E-state index in [-0.39, 0.29) is 40.3 Å². The molecule has 3 N–H and O–H groups in total.